The molecule has 16 atom stereocenters. The summed E-state index contributed by atoms with van der Waals surface area (Å²) in [6.07, 6.45) is -8.97. The third kappa shape index (κ3) is 5.88. The average Bonchev–Trinajstić information content (AvgIpc) is 3.12. The maximum atomic E-state index is 13.7. The maximum Gasteiger partial charge on any atom is 1.00 e. The van der Waals surface area contributed by atoms with Crippen molar-refractivity contribution in [2.24, 2.45) is 58.2 Å². The molecule has 4 rings (SSSR count). The number of hydrogen-bond donors (Lipinski definition) is 6. The molecule has 0 aliphatic heterocycles. The summed E-state index contributed by atoms with van der Waals surface area (Å²) in [5.41, 5.74) is -1.71. The molecule has 11 nitrogen and oxygen atoms in total. The summed E-state index contributed by atoms with van der Waals surface area (Å²) in [6.45, 7) is 11.3. The van der Waals surface area contributed by atoms with Gasteiger partial charge >= 0.3 is 29.6 Å². The van der Waals surface area contributed by atoms with Gasteiger partial charge in [0.05, 0.1) is 30.5 Å². The van der Waals surface area contributed by atoms with Gasteiger partial charge in [-0.05, 0) is 59.7 Å². The zero-order chi connectivity index (χ0) is 30.3. The van der Waals surface area contributed by atoms with Gasteiger partial charge in [0, 0.05) is 24.2 Å². The maximum absolute atomic E-state index is 13.7. The van der Waals surface area contributed by atoms with Crippen LogP contribution in [0.2, 0.25) is 0 Å². The van der Waals surface area contributed by atoms with E-state index in [1.165, 1.54) is 0 Å². The number of carbonyl (C=O) groups is 1. The van der Waals surface area contributed by atoms with Crippen LogP contribution >= 0.6 is 0 Å². The van der Waals surface area contributed by atoms with Crippen LogP contribution < -0.4 is 29.6 Å². The first kappa shape index (κ1) is 35.8. The molecule has 4 saturated carbocycles. The second-order valence-corrected chi connectivity index (χ2v) is 15.2. The van der Waals surface area contributed by atoms with Crippen molar-refractivity contribution in [1.29, 1.82) is 0 Å². The van der Waals surface area contributed by atoms with Crippen molar-refractivity contribution in [2.75, 3.05) is 0 Å². The summed E-state index contributed by atoms with van der Waals surface area (Å²) < 4.78 is 38.8. The molecule has 0 amide bonds. The Kier molecular flexibility index (Phi) is 10.7. The molecule has 0 radical (unpaired) electrons. The second kappa shape index (κ2) is 12.2. The van der Waals surface area contributed by atoms with Crippen LogP contribution in [0.25, 0.3) is 0 Å². The van der Waals surface area contributed by atoms with Crippen LogP contribution in [-0.2, 0) is 19.4 Å². The van der Waals surface area contributed by atoms with Crippen molar-refractivity contribution in [3.8, 4) is 0 Å². The van der Waals surface area contributed by atoms with E-state index >= 15 is 0 Å². The summed E-state index contributed by atoms with van der Waals surface area (Å²) in [6, 6.07) is 0. The monoisotopic (exact) mass is 614 g/mol. The number of fused-ring (bicyclic) bond motifs is 5. The van der Waals surface area contributed by atoms with Gasteiger partial charge in [-0.15, -0.1) is 0 Å². The predicted octanol–water partition coefficient (Wildman–Crippen LogP) is -2.79. The van der Waals surface area contributed by atoms with Crippen molar-refractivity contribution >= 4 is 16.2 Å². The smallest absolute Gasteiger partial charge is 0.726 e. The molecule has 0 heterocycles. The van der Waals surface area contributed by atoms with E-state index in [4.69, 9.17) is 0 Å². The first-order valence-corrected chi connectivity index (χ1v) is 15.9. The molecule has 4 aliphatic rings. The van der Waals surface area contributed by atoms with Gasteiger partial charge < -0.3 is 35.2 Å². The molecule has 0 saturated heterocycles. The Morgan fingerprint density at radius 1 is 0.927 bits per heavy atom. The van der Waals surface area contributed by atoms with Gasteiger partial charge in [-0.2, -0.15) is 0 Å². The van der Waals surface area contributed by atoms with Crippen molar-refractivity contribution < 1.29 is 82.1 Å². The molecular weight excluding hydrogens is 567 g/mol. The molecule has 4 fully saturated rings. The molecule has 0 unspecified atom stereocenters. The van der Waals surface area contributed by atoms with E-state index in [0.717, 1.165) is 0 Å². The van der Waals surface area contributed by atoms with E-state index < -0.39 is 93.5 Å². The van der Waals surface area contributed by atoms with Crippen LogP contribution in [0.4, 0.5) is 0 Å². The minimum Gasteiger partial charge on any atom is -0.726 e. The van der Waals surface area contributed by atoms with Gasteiger partial charge in [-0.3, -0.25) is 8.98 Å². The van der Waals surface area contributed by atoms with E-state index in [-0.39, 0.29) is 65.9 Å². The Morgan fingerprint density at radius 2 is 1.49 bits per heavy atom. The van der Waals surface area contributed by atoms with Crippen LogP contribution in [0.3, 0.4) is 0 Å². The standard InChI is InChI=1S/C28H48O11S.Na/c1-11(2)12(3)21(30)22(31)13(4)15-9-16(29)19-18-14(7-8-27(15,19)5)28(6)10-17(39-40(36,37)38)23(32)25(34)20(28)26(35)24(18)33;/h11-15,17-26,30-35H,7-10H2,1-6H3,(H,36,37,38);/q;+1/p-1/t12-,13-,14-,15+,17-,18+,19+,20+,21+,22+,23+,24+,25-,26+,27+,28+;/m0./s1. The normalized spacial score (nSPS) is 47.4. The molecule has 0 aromatic rings. The van der Waals surface area contributed by atoms with E-state index in [0.29, 0.717) is 12.8 Å². The van der Waals surface area contributed by atoms with Gasteiger partial charge in [0.25, 0.3) is 0 Å². The number of hydrogen-bond acceptors (Lipinski definition) is 11. The van der Waals surface area contributed by atoms with Gasteiger partial charge in [0.1, 0.15) is 18.0 Å². The number of aliphatic hydroxyl groups is 6. The predicted molar refractivity (Wildman–Crippen MR) is 141 cm³/mol. The fourth-order valence-electron chi connectivity index (χ4n) is 9.49. The van der Waals surface area contributed by atoms with Crippen LogP contribution in [0, 0.1) is 58.2 Å². The molecule has 41 heavy (non-hydrogen) atoms. The zero-order valence-electron chi connectivity index (χ0n) is 25.1. The van der Waals surface area contributed by atoms with Gasteiger partial charge in [-0.25, -0.2) is 8.42 Å². The van der Waals surface area contributed by atoms with Crippen LogP contribution in [0.15, 0.2) is 0 Å². The van der Waals surface area contributed by atoms with Gasteiger partial charge in [-0.1, -0.05) is 41.5 Å². The first-order chi connectivity index (χ1) is 18.3. The van der Waals surface area contributed by atoms with Crippen molar-refractivity contribution in [3.05, 3.63) is 0 Å². The number of rotatable bonds is 7. The molecule has 4 aliphatic carbocycles. The Morgan fingerprint density at radius 3 is 2.02 bits per heavy atom. The fraction of sp³-hybridized carbons (Fsp3) is 0.964. The van der Waals surface area contributed by atoms with E-state index in [1.54, 1.807) is 6.92 Å². The molecular formula is C28H47NaO11S. The number of aliphatic hydroxyl groups excluding tert-OH is 6. The van der Waals surface area contributed by atoms with Gasteiger partial charge in [0.15, 0.2) is 0 Å². The Labute approximate surface area is 265 Å². The largest absolute Gasteiger partial charge is 1.00 e. The minimum atomic E-state index is -5.21. The fourth-order valence-corrected chi connectivity index (χ4v) is 9.98. The quantitative estimate of drug-likeness (QED) is 0.0982. The molecule has 0 aromatic carbocycles. The molecule has 13 heteroatoms. The minimum absolute atomic E-state index is 0. The average molecular weight is 615 g/mol. The summed E-state index contributed by atoms with van der Waals surface area (Å²) in [7, 11) is -5.21. The van der Waals surface area contributed by atoms with E-state index in [1.807, 2.05) is 34.6 Å². The van der Waals surface area contributed by atoms with Crippen molar-refractivity contribution in [2.45, 2.75) is 110 Å². The molecule has 0 aromatic heterocycles. The number of ketones is 1. The zero-order valence-corrected chi connectivity index (χ0v) is 27.9. The van der Waals surface area contributed by atoms with Crippen molar-refractivity contribution in [3.63, 3.8) is 0 Å². The summed E-state index contributed by atoms with van der Waals surface area (Å²) in [4.78, 5) is 13.7. The first-order valence-electron chi connectivity index (χ1n) is 14.5. The molecule has 6 N–H and O–H groups in total. The van der Waals surface area contributed by atoms with Crippen LogP contribution in [0.5, 0.6) is 0 Å². The SMILES string of the molecule is CC(C)[C@H](C)[C@@H](O)[C@H](O)[C@@H](C)[C@H]1CC(=O)[C@@H]2[C@@H]3[C@@H](O)[C@H](O)[C@H]4[C@H](O)[C@H](O)[C@@H](OS(=O)(=O)[O-])C[C@]4(C)[C@H]3CC[C@]12C.[Na+]. The summed E-state index contributed by atoms with van der Waals surface area (Å²) >= 11 is 0. The number of carbonyl (C=O) groups excluding carboxylic acids is 1. The Balaban J connectivity index is 0.00000462. The van der Waals surface area contributed by atoms with Crippen molar-refractivity contribution in [1.82, 2.24) is 0 Å². The molecule has 0 bridgehead atoms. The molecule has 232 valence electrons. The number of Topliss-reactive ketones (excluding diaryl/α,β-unsaturated/α-hetero) is 1. The van der Waals surface area contributed by atoms with Crippen LogP contribution in [0.1, 0.15) is 67.2 Å². The topological polar surface area (TPSA) is 205 Å². The summed E-state index contributed by atoms with van der Waals surface area (Å²) in [5, 5.41) is 66.4. The summed E-state index contributed by atoms with van der Waals surface area (Å²) in [5.74, 6) is -3.75. The third-order valence-corrected chi connectivity index (χ3v) is 12.5. The van der Waals surface area contributed by atoms with Crippen LogP contribution in [-0.4, -0.2) is 92.1 Å². The Hall–Kier alpha value is 0.300. The van der Waals surface area contributed by atoms with E-state index in [2.05, 4.69) is 4.18 Å². The third-order valence-electron chi connectivity index (χ3n) is 12.0. The Bertz CT molecular complexity index is 1070. The van der Waals surface area contributed by atoms with Gasteiger partial charge in [0.2, 0.25) is 10.4 Å². The second-order valence-electron chi connectivity index (χ2n) is 14.2. The molecule has 0 spiro atoms. The van der Waals surface area contributed by atoms with E-state index in [9.17, 15) is 48.4 Å².